The number of anilines is 1. The lowest BCUT2D eigenvalue weighted by Crippen LogP contribution is -2.41. The molecule has 1 saturated heterocycles. The van der Waals surface area contributed by atoms with Gasteiger partial charge in [0, 0.05) is 31.4 Å². The standard InChI is InChI=1S/C20H21N3O5/c1-28-17-5-3-2-4-16(17)22-18(24)13-6-8-23(9-7-13)19(25)14-10-15(20(26)27)12-21-11-14/h2-5,10-13H,6-9H2,1H3,(H,22,24)(H,26,27). The van der Waals surface area contributed by atoms with Crippen molar-refractivity contribution >= 4 is 23.5 Å². The number of methoxy groups -OCH3 is 1. The van der Waals surface area contributed by atoms with Crippen LogP contribution in [0.5, 0.6) is 5.75 Å². The number of nitrogens with zero attached hydrogens (tertiary/aromatic N) is 2. The second-order valence-corrected chi connectivity index (χ2v) is 6.52. The molecule has 1 aliphatic heterocycles. The minimum absolute atomic E-state index is 0.0306. The Morgan fingerprint density at radius 2 is 1.82 bits per heavy atom. The van der Waals surface area contributed by atoms with Gasteiger partial charge in [-0.25, -0.2) is 4.79 Å². The summed E-state index contributed by atoms with van der Waals surface area (Å²) in [6, 6.07) is 8.51. The molecular formula is C20H21N3O5. The van der Waals surface area contributed by atoms with Crippen molar-refractivity contribution < 1.29 is 24.2 Å². The first-order chi connectivity index (χ1) is 13.5. The molecule has 0 aliphatic carbocycles. The zero-order valence-corrected chi connectivity index (χ0v) is 15.4. The molecule has 0 atom stereocenters. The van der Waals surface area contributed by atoms with E-state index in [1.807, 2.05) is 12.1 Å². The Hall–Kier alpha value is -3.42. The summed E-state index contributed by atoms with van der Waals surface area (Å²) in [5.74, 6) is -1.13. The summed E-state index contributed by atoms with van der Waals surface area (Å²) in [6.45, 7) is 0.834. The number of amides is 2. The van der Waals surface area contributed by atoms with Crippen LogP contribution in [0.15, 0.2) is 42.7 Å². The van der Waals surface area contributed by atoms with E-state index in [0.29, 0.717) is 37.4 Å². The number of aromatic nitrogens is 1. The molecule has 8 heteroatoms. The Balaban J connectivity index is 1.59. The zero-order valence-electron chi connectivity index (χ0n) is 15.4. The molecule has 146 valence electrons. The predicted octanol–water partition coefficient (Wildman–Crippen LogP) is 2.28. The second-order valence-electron chi connectivity index (χ2n) is 6.52. The van der Waals surface area contributed by atoms with E-state index in [2.05, 4.69) is 10.3 Å². The van der Waals surface area contributed by atoms with Crippen molar-refractivity contribution in [3.63, 3.8) is 0 Å². The maximum Gasteiger partial charge on any atom is 0.337 e. The van der Waals surface area contributed by atoms with Crippen LogP contribution in [0, 0.1) is 5.92 Å². The lowest BCUT2D eigenvalue weighted by molar-refractivity contribution is -0.121. The second kappa shape index (κ2) is 8.51. The minimum atomic E-state index is -1.13. The van der Waals surface area contributed by atoms with Crippen molar-refractivity contribution in [2.75, 3.05) is 25.5 Å². The molecule has 3 rings (SSSR count). The van der Waals surface area contributed by atoms with Gasteiger partial charge in [0.15, 0.2) is 0 Å². The summed E-state index contributed by atoms with van der Waals surface area (Å²) >= 11 is 0. The number of rotatable bonds is 5. The van der Waals surface area contributed by atoms with Gasteiger partial charge in [-0.3, -0.25) is 14.6 Å². The first-order valence-electron chi connectivity index (χ1n) is 8.91. The molecule has 8 nitrogen and oxygen atoms in total. The van der Waals surface area contributed by atoms with E-state index in [-0.39, 0.29) is 28.9 Å². The summed E-state index contributed by atoms with van der Waals surface area (Å²) in [5.41, 5.74) is 0.818. The number of benzene rings is 1. The Morgan fingerprint density at radius 1 is 1.14 bits per heavy atom. The Bertz CT molecular complexity index is 891. The highest BCUT2D eigenvalue weighted by Crippen LogP contribution is 2.26. The van der Waals surface area contributed by atoms with Gasteiger partial charge in [0.1, 0.15) is 5.75 Å². The molecular weight excluding hydrogens is 362 g/mol. The summed E-state index contributed by atoms with van der Waals surface area (Å²) in [7, 11) is 1.54. The van der Waals surface area contributed by atoms with Crippen molar-refractivity contribution in [1.82, 2.24) is 9.88 Å². The Labute approximate surface area is 162 Å². The summed E-state index contributed by atoms with van der Waals surface area (Å²) in [5, 5.41) is 11.9. The molecule has 2 heterocycles. The maximum atomic E-state index is 12.6. The van der Waals surface area contributed by atoms with Gasteiger partial charge in [-0.15, -0.1) is 0 Å². The molecule has 2 N–H and O–H groups in total. The Morgan fingerprint density at radius 3 is 2.50 bits per heavy atom. The molecule has 0 bridgehead atoms. The molecule has 28 heavy (non-hydrogen) atoms. The highest BCUT2D eigenvalue weighted by Gasteiger charge is 2.28. The van der Waals surface area contributed by atoms with Crippen LogP contribution in [0.2, 0.25) is 0 Å². The molecule has 0 spiro atoms. The van der Waals surface area contributed by atoms with Crippen molar-refractivity contribution in [2.24, 2.45) is 5.92 Å². The average molecular weight is 383 g/mol. The van der Waals surface area contributed by atoms with Crippen molar-refractivity contribution in [3.8, 4) is 5.75 Å². The van der Waals surface area contributed by atoms with Crippen LogP contribution in [-0.2, 0) is 4.79 Å². The van der Waals surface area contributed by atoms with Crippen LogP contribution in [-0.4, -0.2) is 53.0 Å². The molecule has 1 fully saturated rings. The number of carboxylic acid groups (broad SMARTS) is 1. The fourth-order valence-electron chi connectivity index (χ4n) is 3.18. The third kappa shape index (κ3) is 4.28. The van der Waals surface area contributed by atoms with E-state index < -0.39 is 5.97 Å². The van der Waals surface area contributed by atoms with E-state index in [1.54, 1.807) is 24.1 Å². The molecule has 2 amide bonds. The lowest BCUT2D eigenvalue weighted by atomic mass is 9.95. The molecule has 1 aromatic carbocycles. The van der Waals surface area contributed by atoms with Crippen LogP contribution in [0.4, 0.5) is 5.69 Å². The molecule has 2 aromatic rings. The number of carboxylic acids is 1. The number of pyridine rings is 1. The SMILES string of the molecule is COc1ccccc1NC(=O)C1CCN(C(=O)c2cncc(C(=O)O)c2)CC1. The number of hydrogen-bond donors (Lipinski definition) is 2. The first-order valence-corrected chi connectivity index (χ1v) is 8.91. The van der Waals surface area contributed by atoms with Crippen LogP contribution in [0.1, 0.15) is 33.6 Å². The molecule has 1 aromatic heterocycles. The van der Waals surface area contributed by atoms with Gasteiger partial charge in [0.05, 0.1) is 23.9 Å². The summed E-state index contributed by atoms with van der Waals surface area (Å²) in [4.78, 5) is 41.6. The quantitative estimate of drug-likeness (QED) is 0.820. The topological polar surface area (TPSA) is 109 Å². The van der Waals surface area contributed by atoms with E-state index >= 15 is 0 Å². The highest BCUT2D eigenvalue weighted by molar-refractivity contribution is 5.97. The molecule has 0 saturated carbocycles. The van der Waals surface area contributed by atoms with Crippen LogP contribution in [0.25, 0.3) is 0 Å². The van der Waals surface area contributed by atoms with Gasteiger partial charge < -0.3 is 20.1 Å². The summed E-state index contributed by atoms with van der Waals surface area (Å²) < 4.78 is 5.24. The number of ether oxygens (including phenoxy) is 1. The maximum absolute atomic E-state index is 12.6. The van der Waals surface area contributed by atoms with Gasteiger partial charge in [-0.1, -0.05) is 12.1 Å². The first kappa shape index (κ1) is 19.3. The molecule has 1 aliphatic rings. The van der Waals surface area contributed by atoms with Gasteiger partial charge >= 0.3 is 5.97 Å². The normalized spacial score (nSPS) is 14.4. The number of carbonyl (C=O) groups excluding carboxylic acids is 2. The number of aromatic carboxylic acids is 1. The highest BCUT2D eigenvalue weighted by atomic mass is 16.5. The number of para-hydroxylation sites is 2. The predicted molar refractivity (Wildman–Crippen MR) is 101 cm³/mol. The van der Waals surface area contributed by atoms with Crippen LogP contribution < -0.4 is 10.1 Å². The van der Waals surface area contributed by atoms with Crippen LogP contribution in [0.3, 0.4) is 0 Å². The number of likely N-dealkylation sites (tertiary alicyclic amines) is 1. The van der Waals surface area contributed by atoms with Crippen molar-refractivity contribution in [3.05, 3.63) is 53.9 Å². The zero-order chi connectivity index (χ0) is 20.1. The summed E-state index contributed by atoms with van der Waals surface area (Å²) in [6.07, 6.45) is 3.61. The minimum Gasteiger partial charge on any atom is -0.495 e. The number of nitrogens with one attached hydrogen (secondary N) is 1. The van der Waals surface area contributed by atoms with Crippen LogP contribution >= 0.6 is 0 Å². The smallest absolute Gasteiger partial charge is 0.337 e. The van der Waals surface area contributed by atoms with Gasteiger partial charge in [0.25, 0.3) is 5.91 Å². The fraction of sp³-hybridized carbons (Fsp3) is 0.300. The third-order valence-corrected chi connectivity index (χ3v) is 4.75. The van der Waals surface area contributed by atoms with Gasteiger partial charge in [-0.2, -0.15) is 0 Å². The number of piperidine rings is 1. The molecule has 0 radical (unpaired) electrons. The third-order valence-electron chi connectivity index (χ3n) is 4.75. The average Bonchev–Trinajstić information content (AvgIpc) is 2.73. The lowest BCUT2D eigenvalue weighted by Gasteiger charge is -2.31. The Kier molecular flexibility index (Phi) is 5.88. The van der Waals surface area contributed by atoms with E-state index in [0.717, 1.165) is 0 Å². The number of carbonyl (C=O) groups is 3. The van der Waals surface area contributed by atoms with Gasteiger partial charge in [-0.05, 0) is 31.0 Å². The number of hydrogen-bond acceptors (Lipinski definition) is 5. The van der Waals surface area contributed by atoms with Crippen molar-refractivity contribution in [1.29, 1.82) is 0 Å². The van der Waals surface area contributed by atoms with E-state index in [1.165, 1.54) is 18.5 Å². The monoisotopic (exact) mass is 383 g/mol. The molecule has 0 unspecified atom stereocenters. The van der Waals surface area contributed by atoms with Gasteiger partial charge in [0.2, 0.25) is 5.91 Å². The largest absolute Gasteiger partial charge is 0.495 e. The fourth-order valence-corrected chi connectivity index (χ4v) is 3.18. The van der Waals surface area contributed by atoms with E-state index in [9.17, 15) is 14.4 Å². The van der Waals surface area contributed by atoms with Crippen molar-refractivity contribution in [2.45, 2.75) is 12.8 Å². The van der Waals surface area contributed by atoms with E-state index in [4.69, 9.17) is 9.84 Å².